The van der Waals surface area contributed by atoms with E-state index in [2.05, 4.69) is 10.3 Å². The summed E-state index contributed by atoms with van der Waals surface area (Å²) in [5, 5.41) is 8.20. The van der Waals surface area contributed by atoms with Gasteiger partial charge in [0.2, 0.25) is 0 Å². The summed E-state index contributed by atoms with van der Waals surface area (Å²) in [6, 6.07) is 14.8. The fourth-order valence-electron chi connectivity index (χ4n) is 2.21. The Morgan fingerprint density at radius 2 is 1.92 bits per heavy atom. The summed E-state index contributed by atoms with van der Waals surface area (Å²) in [4.78, 5) is 10.9. The van der Waals surface area contributed by atoms with E-state index < -0.39 is 0 Å². The van der Waals surface area contributed by atoms with Crippen LogP contribution in [0, 0.1) is 0 Å². The molecule has 6 heteroatoms. The minimum absolute atomic E-state index is 0.257. The number of para-hydroxylation sites is 1. The standard InChI is InChI=1S/C18H17N3O3/c1-2-23-18-10-14(12-22)8-9-17(18)24-13-15-11-21(20-19-15)16-6-4-3-5-7-16/h3-12H,2,13H2,1H3. The molecule has 1 aromatic heterocycles. The van der Waals surface area contributed by atoms with Gasteiger partial charge in [-0.3, -0.25) is 4.79 Å². The van der Waals surface area contributed by atoms with Crippen LogP contribution < -0.4 is 9.47 Å². The predicted molar refractivity (Wildman–Crippen MR) is 88.7 cm³/mol. The predicted octanol–water partition coefficient (Wildman–Crippen LogP) is 3.06. The van der Waals surface area contributed by atoms with E-state index in [1.807, 2.05) is 43.5 Å². The SMILES string of the molecule is CCOc1cc(C=O)ccc1OCc1cn(-c2ccccc2)nn1. The second kappa shape index (κ2) is 7.41. The molecular weight excluding hydrogens is 306 g/mol. The van der Waals surface area contributed by atoms with Crippen molar-refractivity contribution >= 4 is 6.29 Å². The van der Waals surface area contributed by atoms with Gasteiger partial charge >= 0.3 is 0 Å². The van der Waals surface area contributed by atoms with Crippen molar-refractivity contribution in [2.24, 2.45) is 0 Å². The van der Waals surface area contributed by atoms with Crippen LogP contribution in [-0.4, -0.2) is 27.9 Å². The molecule has 3 aromatic rings. The number of aromatic nitrogens is 3. The molecule has 6 nitrogen and oxygen atoms in total. The molecule has 0 aliphatic heterocycles. The third kappa shape index (κ3) is 3.60. The molecular formula is C18H17N3O3. The van der Waals surface area contributed by atoms with Crippen molar-refractivity contribution in [2.45, 2.75) is 13.5 Å². The van der Waals surface area contributed by atoms with E-state index in [1.165, 1.54) is 0 Å². The average molecular weight is 323 g/mol. The Morgan fingerprint density at radius 3 is 2.67 bits per heavy atom. The van der Waals surface area contributed by atoms with Gasteiger partial charge in [-0.05, 0) is 37.3 Å². The molecule has 0 fully saturated rings. The van der Waals surface area contributed by atoms with E-state index in [0.717, 1.165) is 12.0 Å². The minimum Gasteiger partial charge on any atom is -0.490 e. The molecule has 0 saturated heterocycles. The zero-order valence-corrected chi connectivity index (χ0v) is 13.3. The van der Waals surface area contributed by atoms with Crippen molar-refractivity contribution in [3.63, 3.8) is 0 Å². The van der Waals surface area contributed by atoms with Crippen LogP contribution in [-0.2, 0) is 6.61 Å². The molecule has 3 rings (SSSR count). The Hall–Kier alpha value is -3.15. The lowest BCUT2D eigenvalue weighted by Crippen LogP contribution is -2.00. The Balaban J connectivity index is 1.72. The first-order chi connectivity index (χ1) is 11.8. The largest absolute Gasteiger partial charge is 0.490 e. The van der Waals surface area contributed by atoms with Gasteiger partial charge in [0.25, 0.3) is 0 Å². The molecule has 0 saturated carbocycles. The van der Waals surface area contributed by atoms with Crippen LogP contribution in [0.1, 0.15) is 23.0 Å². The quantitative estimate of drug-likeness (QED) is 0.625. The molecule has 0 spiro atoms. The fourth-order valence-corrected chi connectivity index (χ4v) is 2.21. The van der Waals surface area contributed by atoms with Gasteiger partial charge in [0.05, 0.1) is 18.5 Å². The van der Waals surface area contributed by atoms with E-state index in [4.69, 9.17) is 9.47 Å². The van der Waals surface area contributed by atoms with E-state index in [9.17, 15) is 4.79 Å². The van der Waals surface area contributed by atoms with Crippen LogP contribution in [0.25, 0.3) is 5.69 Å². The molecule has 24 heavy (non-hydrogen) atoms. The Morgan fingerprint density at radius 1 is 1.08 bits per heavy atom. The highest BCUT2D eigenvalue weighted by Crippen LogP contribution is 2.28. The summed E-state index contributed by atoms with van der Waals surface area (Å²) < 4.78 is 13.0. The van der Waals surface area contributed by atoms with Crippen molar-refractivity contribution in [1.82, 2.24) is 15.0 Å². The van der Waals surface area contributed by atoms with Crippen LogP contribution in [0.2, 0.25) is 0 Å². The van der Waals surface area contributed by atoms with Crippen molar-refractivity contribution in [2.75, 3.05) is 6.61 Å². The summed E-state index contributed by atoms with van der Waals surface area (Å²) >= 11 is 0. The number of carbonyl (C=O) groups excluding carboxylic acids is 1. The lowest BCUT2D eigenvalue weighted by Gasteiger charge is -2.11. The van der Waals surface area contributed by atoms with Gasteiger partial charge in [-0.15, -0.1) is 5.10 Å². The molecule has 0 bridgehead atoms. The summed E-state index contributed by atoms with van der Waals surface area (Å²) in [6.45, 7) is 2.62. The molecule has 0 aliphatic rings. The Bertz CT molecular complexity index is 815. The second-order valence-electron chi connectivity index (χ2n) is 5.04. The summed E-state index contributed by atoms with van der Waals surface area (Å²) in [7, 11) is 0. The lowest BCUT2D eigenvalue weighted by atomic mass is 10.2. The summed E-state index contributed by atoms with van der Waals surface area (Å²) in [5.41, 5.74) is 2.17. The van der Waals surface area contributed by atoms with E-state index in [1.54, 1.807) is 22.9 Å². The van der Waals surface area contributed by atoms with E-state index in [0.29, 0.717) is 29.4 Å². The maximum absolute atomic E-state index is 10.9. The number of carbonyl (C=O) groups is 1. The third-order valence-electron chi connectivity index (χ3n) is 3.34. The lowest BCUT2D eigenvalue weighted by molar-refractivity contribution is 0.112. The monoisotopic (exact) mass is 323 g/mol. The van der Waals surface area contributed by atoms with Gasteiger partial charge in [-0.1, -0.05) is 23.4 Å². The van der Waals surface area contributed by atoms with Crippen molar-refractivity contribution < 1.29 is 14.3 Å². The van der Waals surface area contributed by atoms with Crippen LogP contribution in [0.5, 0.6) is 11.5 Å². The molecule has 0 radical (unpaired) electrons. The highest BCUT2D eigenvalue weighted by atomic mass is 16.5. The second-order valence-corrected chi connectivity index (χ2v) is 5.04. The molecule has 0 amide bonds. The first-order valence-electron chi connectivity index (χ1n) is 7.61. The first-order valence-corrected chi connectivity index (χ1v) is 7.61. The number of hydrogen-bond donors (Lipinski definition) is 0. The van der Waals surface area contributed by atoms with Gasteiger partial charge in [-0.25, -0.2) is 4.68 Å². The molecule has 0 unspecified atom stereocenters. The number of aldehydes is 1. The molecule has 1 heterocycles. The minimum atomic E-state index is 0.257. The highest BCUT2D eigenvalue weighted by molar-refractivity contribution is 5.76. The van der Waals surface area contributed by atoms with Gasteiger partial charge in [-0.2, -0.15) is 0 Å². The fraction of sp³-hybridized carbons (Fsp3) is 0.167. The number of nitrogens with zero attached hydrogens (tertiary/aromatic N) is 3. The zero-order chi connectivity index (χ0) is 16.8. The van der Waals surface area contributed by atoms with E-state index in [-0.39, 0.29) is 6.61 Å². The van der Waals surface area contributed by atoms with E-state index >= 15 is 0 Å². The maximum Gasteiger partial charge on any atom is 0.161 e. The van der Waals surface area contributed by atoms with Gasteiger partial charge in [0.1, 0.15) is 18.6 Å². The average Bonchev–Trinajstić information content (AvgIpc) is 3.10. The van der Waals surface area contributed by atoms with Crippen molar-refractivity contribution in [3.05, 3.63) is 66.0 Å². The maximum atomic E-state index is 10.9. The number of hydrogen-bond acceptors (Lipinski definition) is 5. The normalized spacial score (nSPS) is 10.4. The highest BCUT2D eigenvalue weighted by Gasteiger charge is 2.09. The molecule has 122 valence electrons. The first kappa shape index (κ1) is 15.7. The van der Waals surface area contributed by atoms with Gasteiger partial charge < -0.3 is 9.47 Å². The summed E-state index contributed by atoms with van der Waals surface area (Å²) in [5.74, 6) is 1.11. The zero-order valence-electron chi connectivity index (χ0n) is 13.3. The van der Waals surface area contributed by atoms with Crippen LogP contribution in [0.3, 0.4) is 0 Å². The van der Waals surface area contributed by atoms with Crippen molar-refractivity contribution in [1.29, 1.82) is 0 Å². The van der Waals surface area contributed by atoms with Crippen molar-refractivity contribution in [3.8, 4) is 17.2 Å². The Labute approximate surface area is 139 Å². The van der Waals surface area contributed by atoms with Crippen LogP contribution in [0.4, 0.5) is 0 Å². The topological polar surface area (TPSA) is 66.2 Å². The molecule has 0 aliphatic carbocycles. The molecule has 0 atom stereocenters. The number of rotatable bonds is 7. The number of benzene rings is 2. The van der Waals surface area contributed by atoms with Crippen LogP contribution in [0.15, 0.2) is 54.7 Å². The number of ether oxygens (including phenoxy) is 2. The molecule has 0 N–H and O–H groups in total. The smallest absolute Gasteiger partial charge is 0.161 e. The third-order valence-corrected chi connectivity index (χ3v) is 3.34. The summed E-state index contributed by atoms with van der Waals surface area (Å²) in [6.07, 6.45) is 2.59. The Kier molecular flexibility index (Phi) is 4.86. The van der Waals surface area contributed by atoms with Gasteiger partial charge in [0, 0.05) is 5.56 Å². The molecule has 2 aromatic carbocycles. The van der Waals surface area contributed by atoms with Crippen LogP contribution >= 0.6 is 0 Å². The van der Waals surface area contributed by atoms with Gasteiger partial charge in [0.15, 0.2) is 11.5 Å².